The van der Waals surface area contributed by atoms with Crippen LogP contribution in [0.2, 0.25) is 5.02 Å². The highest BCUT2D eigenvalue weighted by Gasteiger charge is 2.03. The van der Waals surface area contributed by atoms with E-state index in [1.54, 1.807) is 6.21 Å². The van der Waals surface area contributed by atoms with Crippen molar-refractivity contribution in [1.29, 1.82) is 0 Å². The van der Waals surface area contributed by atoms with Gasteiger partial charge in [0.1, 0.15) is 5.75 Å². The van der Waals surface area contributed by atoms with Gasteiger partial charge in [-0.15, -0.1) is 11.8 Å². The molecule has 0 saturated heterocycles. The Morgan fingerprint density at radius 1 is 1.14 bits per heavy atom. The fourth-order valence-corrected chi connectivity index (χ4v) is 3.68. The maximum atomic E-state index is 12.0. The predicted octanol–water partition coefficient (Wildman–Crippen LogP) is 6.07. The molecule has 2 aromatic rings. The second-order valence-electron chi connectivity index (χ2n) is 6.72. The van der Waals surface area contributed by atoms with Crippen LogP contribution in [0, 0.1) is 0 Å². The molecule has 0 aromatic heterocycles. The zero-order chi connectivity index (χ0) is 20.7. The first-order valence-corrected chi connectivity index (χ1v) is 11.6. The quantitative estimate of drug-likeness (QED) is 0.237. The lowest BCUT2D eigenvalue weighted by Gasteiger charge is -2.08. The Balaban J connectivity index is 1.71. The molecule has 156 valence electrons. The van der Waals surface area contributed by atoms with Crippen LogP contribution in [0.25, 0.3) is 0 Å². The molecule has 0 aliphatic heterocycles. The number of hydrogen-bond acceptors (Lipinski definition) is 4. The Morgan fingerprint density at radius 3 is 2.79 bits per heavy atom. The van der Waals surface area contributed by atoms with Crippen LogP contribution in [0.3, 0.4) is 0 Å². The summed E-state index contributed by atoms with van der Waals surface area (Å²) in [4.78, 5) is 12.0. The summed E-state index contributed by atoms with van der Waals surface area (Å²) >= 11 is 7.49. The second-order valence-corrected chi connectivity index (χ2v) is 8.14. The van der Waals surface area contributed by atoms with Crippen molar-refractivity contribution in [1.82, 2.24) is 5.43 Å². The molecule has 4 nitrogen and oxygen atoms in total. The molecule has 29 heavy (non-hydrogen) atoms. The van der Waals surface area contributed by atoms with Crippen molar-refractivity contribution in [3.8, 4) is 5.75 Å². The van der Waals surface area contributed by atoms with Crippen molar-refractivity contribution in [2.75, 3.05) is 12.4 Å². The molecular weight excluding hydrogens is 404 g/mol. The number of amides is 1. The molecule has 1 N–H and O–H groups in total. The van der Waals surface area contributed by atoms with Gasteiger partial charge in [0.15, 0.2) is 0 Å². The number of rotatable bonds is 13. The number of halogens is 1. The monoisotopic (exact) mass is 432 g/mol. The molecule has 6 heteroatoms. The smallest absolute Gasteiger partial charge is 0.250 e. The van der Waals surface area contributed by atoms with Crippen molar-refractivity contribution in [2.24, 2.45) is 5.10 Å². The van der Waals surface area contributed by atoms with E-state index in [1.807, 2.05) is 48.5 Å². The number of nitrogens with zero attached hydrogens (tertiary/aromatic N) is 1. The third-order valence-corrected chi connectivity index (χ3v) is 5.45. The fourth-order valence-electron chi connectivity index (χ4n) is 2.70. The molecule has 0 aliphatic rings. The number of carbonyl (C=O) groups is 1. The standard InChI is InChI=1S/C23H29ClN2O2S/c1-2-3-4-5-8-14-28-22-13-7-6-11-20(22)16-25-26-23(27)18-29-17-19-10-9-12-21(24)15-19/h6-7,9-13,15-16H,2-5,8,14,17-18H2,1H3,(H,26,27)/b25-16+. The summed E-state index contributed by atoms with van der Waals surface area (Å²) in [5.41, 5.74) is 4.53. The zero-order valence-electron chi connectivity index (χ0n) is 16.9. The highest BCUT2D eigenvalue weighted by Crippen LogP contribution is 2.17. The third-order valence-electron chi connectivity index (χ3n) is 4.21. The van der Waals surface area contributed by atoms with Gasteiger partial charge in [-0.1, -0.05) is 68.5 Å². The van der Waals surface area contributed by atoms with Gasteiger partial charge in [-0.05, 0) is 36.2 Å². The fraction of sp³-hybridized carbons (Fsp3) is 0.391. The SMILES string of the molecule is CCCCCCCOc1ccccc1/C=N/NC(=O)CSCc1cccc(Cl)c1. The van der Waals surface area contributed by atoms with E-state index in [0.717, 1.165) is 29.1 Å². The van der Waals surface area contributed by atoms with E-state index in [0.29, 0.717) is 17.4 Å². The summed E-state index contributed by atoms with van der Waals surface area (Å²) in [6, 6.07) is 15.4. The lowest BCUT2D eigenvalue weighted by Crippen LogP contribution is -2.19. The summed E-state index contributed by atoms with van der Waals surface area (Å²) < 4.78 is 5.88. The van der Waals surface area contributed by atoms with E-state index in [1.165, 1.54) is 37.4 Å². The van der Waals surface area contributed by atoms with E-state index < -0.39 is 0 Å². The topological polar surface area (TPSA) is 50.7 Å². The van der Waals surface area contributed by atoms with Crippen LogP contribution in [0.5, 0.6) is 5.75 Å². The average molecular weight is 433 g/mol. The van der Waals surface area contributed by atoms with Gasteiger partial charge in [-0.2, -0.15) is 5.10 Å². The largest absolute Gasteiger partial charge is 0.493 e. The van der Waals surface area contributed by atoms with Gasteiger partial charge in [0.2, 0.25) is 5.91 Å². The number of nitrogens with one attached hydrogen (secondary N) is 1. The summed E-state index contributed by atoms with van der Waals surface area (Å²) in [6.07, 6.45) is 7.64. The van der Waals surface area contributed by atoms with E-state index in [9.17, 15) is 4.79 Å². The molecular formula is C23H29ClN2O2S. The number of para-hydroxylation sites is 1. The van der Waals surface area contributed by atoms with Crippen molar-refractivity contribution >= 4 is 35.5 Å². The van der Waals surface area contributed by atoms with Crippen molar-refractivity contribution in [3.63, 3.8) is 0 Å². The highest BCUT2D eigenvalue weighted by molar-refractivity contribution is 7.99. The Kier molecular flexibility index (Phi) is 11.3. The Labute approximate surface area is 183 Å². The predicted molar refractivity (Wildman–Crippen MR) is 124 cm³/mol. The van der Waals surface area contributed by atoms with Gasteiger partial charge >= 0.3 is 0 Å². The highest BCUT2D eigenvalue weighted by atomic mass is 35.5. The molecule has 0 aliphatic carbocycles. The van der Waals surface area contributed by atoms with Gasteiger partial charge in [0.25, 0.3) is 0 Å². The molecule has 0 atom stereocenters. The number of thioether (sulfide) groups is 1. The van der Waals surface area contributed by atoms with Crippen LogP contribution in [-0.4, -0.2) is 24.5 Å². The Bertz CT molecular complexity index is 783. The minimum absolute atomic E-state index is 0.136. The average Bonchev–Trinajstić information content (AvgIpc) is 2.72. The van der Waals surface area contributed by atoms with Crippen LogP contribution in [0.4, 0.5) is 0 Å². The summed E-state index contributed by atoms with van der Waals surface area (Å²) in [5.74, 6) is 1.71. The maximum Gasteiger partial charge on any atom is 0.250 e. The van der Waals surface area contributed by atoms with Crippen molar-refractivity contribution in [3.05, 3.63) is 64.7 Å². The molecule has 0 saturated carbocycles. The molecule has 2 aromatic carbocycles. The van der Waals surface area contributed by atoms with Crippen molar-refractivity contribution in [2.45, 2.75) is 44.8 Å². The third kappa shape index (κ3) is 9.86. The van der Waals surface area contributed by atoms with E-state index in [4.69, 9.17) is 16.3 Å². The van der Waals surface area contributed by atoms with Gasteiger partial charge in [0, 0.05) is 16.3 Å². The first-order valence-electron chi connectivity index (χ1n) is 10.0. The van der Waals surface area contributed by atoms with Gasteiger partial charge in [0.05, 0.1) is 18.6 Å². The van der Waals surface area contributed by atoms with Gasteiger partial charge < -0.3 is 4.74 Å². The zero-order valence-corrected chi connectivity index (χ0v) is 18.5. The van der Waals surface area contributed by atoms with Crippen LogP contribution >= 0.6 is 23.4 Å². The Hall–Kier alpha value is -1.98. The first kappa shape index (κ1) is 23.3. The molecule has 0 bridgehead atoms. The lowest BCUT2D eigenvalue weighted by molar-refractivity contribution is -0.118. The number of carbonyl (C=O) groups excluding carboxylic acids is 1. The minimum atomic E-state index is -0.136. The summed E-state index contributed by atoms with van der Waals surface area (Å²) in [7, 11) is 0. The number of ether oxygens (including phenoxy) is 1. The maximum absolute atomic E-state index is 12.0. The first-order chi connectivity index (χ1) is 14.2. The normalized spacial score (nSPS) is 11.0. The molecule has 0 spiro atoms. The van der Waals surface area contributed by atoms with E-state index >= 15 is 0 Å². The van der Waals surface area contributed by atoms with Crippen molar-refractivity contribution < 1.29 is 9.53 Å². The number of hydrazone groups is 1. The summed E-state index contributed by atoms with van der Waals surface area (Å²) in [6.45, 7) is 2.91. The second kappa shape index (κ2) is 14.1. The van der Waals surface area contributed by atoms with Gasteiger partial charge in [-0.25, -0.2) is 5.43 Å². The van der Waals surface area contributed by atoms with Gasteiger partial charge in [-0.3, -0.25) is 4.79 Å². The van der Waals surface area contributed by atoms with Crippen LogP contribution in [-0.2, 0) is 10.5 Å². The van der Waals surface area contributed by atoms with Crippen LogP contribution in [0.15, 0.2) is 53.6 Å². The molecule has 0 unspecified atom stereocenters. The van der Waals surface area contributed by atoms with Crippen LogP contribution in [0.1, 0.15) is 50.2 Å². The molecule has 0 heterocycles. The molecule has 0 radical (unpaired) electrons. The Morgan fingerprint density at radius 2 is 1.97 bits per heavy atom. The molecule has 1 amide bonds. The summed E-state index contributed by atoms with van der Waals surface area (Å²) in [5, 5.41) is 4.78. The number of unbranched alkanes of at least 4 members (excludes halogenated alkanes) is 4. The molecule has 2 rings (SSSR count). The lowest BCUT2D eigenvalue weighted by atomic mass is 10.2. The number of hydrogen-bond donors (Lipinski definition) is 1. The van der Waals surface area contributed by atoms with Crippen LogP contribution < -0.4 is 10.2 Å². The van der Waals surface area contributed by atoms with E-state index in [2.05, 4.69) is 17.5 Å². The minimum Gasteiger partial charge on any atom is -0.493 e. The number of benzene rings is 2. The molecule has 0 fully saturated rings. The van der Waals surface area contributed by atoms with E-state index in [-0.39, 0.29) is 5.91 Å².